The maximum Gasteiger partial charge on any atom is 0.412 e. The quantitative estimate of drug-likeness (QED) is 0.161. The molecule has 0 bridgehead atoms. The standard InChI is InChI=1S/C38H43F3N8O5/c1-37(2,3)54-36(52)44-27-18-26(38(39,40)41)21-49(22-27)32-11-12-43-20-31(32)46-34(50)33-30(47-35(51)53-23-24-7-5-4-6-8-24)17-25-9-10-28(19-29(25)45-33)48-15-13-42-14-16-48/h4-12,17,19-20,26-27,42H,13-16,18,21-23H2,1-3H3,(H,44,52)(H,46,50)(H,47,51)/t26-,27?/m1/s1. The Hall–Kier alpha value is -5.64. The number of nitrogens with zero attached hydrogens (tertiary/aromatic N) is 4. The van der Waals surface area contributed by atoms with Crippen LogP contribution in [0.1, 0.15) is 43.2 Å². The molecule has 2 aliphatic heterocycles. The van der Waals surface area contributed by atoms with Crippen molar-refractivity contribution < 1.29 is 37.0 Å². The minimum absolute atomic E-state index is 0.00177. The molecule has 2 aromatic heterocycles. The Morgan fingerprint density at radius 3 is 2.39 bits per heavy atom. The first kappa shape index (κ1) is 38.1. The number of carbonyl (C=O) groups is 3. The van der Waals surface area contributed by atoms with Crippen molar-refractivity contribution in [3.63, 3.8) is 0 Å². The third-order valence-corrected chi connectivity index (χ3v) is 8.97. The van der Waals surface area contributed by atoms with E-state index in [1.165, 1.54) is 23.4 Å². The maximum atomic E-state index is 14.2. The molecule has 4 heterocycles. The highest BCUT2D eigenvalue weighted by molar-refractivity contribution is 6.11. The van der Waals surface area contributed by atoms with Crippen LogP contribution in [0.25, 0.3) is 10.9 Å². The number of alkyl halides is 3. The highest BCUT2D eigenvalue weighted by Crippen LogP contribution is 2.37. The number of anilines is 4. The van der Waals surface area contributed by atoms with E-state index in [9.17, 15) is 27.6 Å². The molecule has 6 rings (SSSR count). The van der Waals surface area contributed by atoms with Crippen LogP contribution in [0.4, 0.5) is 45.5 Å². The van der Waals surface area contributed by atoms with Crippen LogP contribution >= 0.6 is 0 Å². The molecule has 0 spiro atoms. The number of amides is 3. The van der Waals surface area contributed by atoms with Gasteiger partial charge in [-0.1, -0.05) is 36.4 Å². The van der Waals surface area contributed by atoms with Gasteiger partial charge in [-0.25, -0.2) is 14.6 Å². The van der Waals surface area contributed by atoms with E-state index in [0.717, 1.165) is 37.4 Å². The summed E-state index contributed by atoms with van der Waals surface area (Å²) in [7, 11) is 0. The molecule has 54 heavy (non-hydrogen) atoms. The highest BCUT2D eigenvalue weighted by atomic mass is 19.4. The second-order valence-electron chi connectivity index (χ2n) is 14.3. The van der Waals surface area contributed by atoms with Gasteiger partial charge in [-0.15, -0.1) is 0 Å². The highest BCUT2D eigenvalue weighted by Gasteiger charge is 2.45. The van der Waals surface area contributed by atoms with Crippen LogP contribution in [0.2, 0.25) is 0 Å². The van der Waals surface area contributed by atoms with Crippen LogP contribution in [-0.4, -0.2) is 85.1 Å². The van der Waals surface area contributed by atoms with Crippen LogP contribution in [0.3, 0.4) is 0 Å². The molecule has 0 saturated carbocycles. The van der Waals surface area contributed by atoms with Gasteiger partial charge >= 0.3 is 18.4 Å². The first-order valence-electron chi connectivity index (χ1n) is 17.7. The Morgan fingerprint density at radius 1 is 0.907 bits per heavy atom. The number of hydrogen-bond donors (Lipinski definition) is 4. The molecule has 2 atom stereocenters. The van der Waals surface area contributed by atoms with Gasteiger partial charge in [-0.05, 0) is 57.0 Å². The maximum absolute atomic E-state index is 14.2. The lowest BCUT2D eigenvalue weighted by Gasteiger charge is -2.40. The SMILES string of the molecule is CC(C)(C)OC(=O)NC1C[C@@H](C(F)(F)F)CN(c2ccncc2NC(=O)c2nc3cc(N4CCNCC4)ccc3cc2NC(=O)OCc2ccccc2)C1. The zero-order chi connectivity index (χ0) is 38.5. The molecular formula is C38H43F3N8O5. The molecule has 13 nitrogen and oxygen atoms in total. The topological polar surface area (TPSA) is 150 Å². The van der Waals surface area contributed by atoms with Crippen LogP contribution in [0, 0.1) is 5.92 Å². The number of fused-ring (bicyclic) bond motifs is 1. The van der Waals surface area contributed by atoms with Crippen LogP contribution in [-0.2, 0) is 16.1 Å². The van der Waals surface area contributed by atoms with E-state index in [2.05, 4.69) is 36.1 Å². The van der Waals surface area contributed by atoms with Crippen LogP contribution in [0.5, 0.6) is 0 Å². The van der Waals surface area contributed by atoms with E-state index >= 15 is 0 Å². The molecule has 4 N–H and O–H groups in total. The van der Waals surface area contributed by atoms with Crippen molar-refractivity contribution in [2.75, 3.05) is 59.7 Å². The smallest absolute Gasteiger partial charge is 0.412 e. The molecule has 2 aliphatic rings. The predicted octanol–water partition coefficient (Wildman–Crippen LogP) is 6.32. The third kappa shape index (κ3) is 9.86. The fourth-order valence-electron chi connectivity index (χ4n) is 6.47. The van der Waals surface area contributed by atoms with Gasteiger partial charge < -0.3 is 35.2 Å². The second kappa shape index (κ2) is 16.2. The number of alkyl carbamates (subject to hydrolysis) is 1. The summed E-state index contributed by atoms with van der Waals surface area (Å²) in [5.74, 6) is -2.53. The minimum atomic E-state index is -4.56. The van der Waals surface area contributed by atoms with E-state index in [-0.39, 0.29) is 42.3 Å². The monoisotopic (exact) mass is 748 g/mol. The van der Waals surface area contributed by atoms with Gasteiger partial charge in [0.05, 0.1) is 40.7 Å². The molecule has 286 valence electrons. The summed E-state index contributed by atoms with van der Waals surface area (Å²) in [6.45, 7) is 7.76. The van der Waals surface area contributed by atoms with E-state index in [0.29, 0.717) is 10.9 Å². The van der Waals surface area contributed by atoms with Gasteiger partial charge in [0.15, 0.2) is 5.69 Å². The summed E-state index contributed by atoms with van der Waals surface area (Å²) in [5, 5.41) is 12.0. The summed E-state index contributed by atoms with van der Waals surface area (Å²) < 4.78 is 53.4. The molecule has 2 aromatic carbocycles. The number of aromatic nitrogens is 2. The zero-order valence-electron chi connectivity index (χ0n) is 30.2. The Bertz CT molecular complexity index is 1970. The number of piperidine rings is 1. The number of hydrogen-bond acceptors (Lipinski definition) is 10. The number of rotatable bonds is 8. The Kier molecular flexibility index (Phi) is 11.4. The summed E-state index contributed by atoms with van der Waals surface area (Å²) in [6, 6.07) is 17.0. The minimum Gasteiger partial charge on any atom is -0.444 e. The summed E-state index contributed by atoms with van der Waals surface area (Å²) in [6.07, 6.45) is -3.83. The van der Waals surface area contributed by atoms with Crippen molar-refractivity contribution in [1.29, 1.82) is 0 Å². The second-order valence-corrected chi connectivity index (χ2v) is 14.3. The lowest BCUT2D eigenvalue weighted by molar-refractivity contribution is -0.177. The molecular weight excluding hydrogens is 705 g/mol. The van der Waals surface area contributed by atoms with Crippen molar-refractivity contribution in [3.8, 4) is 0 Å². The van der Waals surface area contributed by atoms with E-state index < -0.39 is 48.4 Å². The summed E-state index contributed by atoms with van der Waals surface area (Å²) in [5.41, 5.74) is 1.60. The number of benzene rings is 2. The molecule has 0 aliphatic carbocycles. The molecule has 2 saturated heterocycles. The van der Waals surface area contributed by atoms with Crippen molar-refractivity contribution >= 4 is 51.7 Å². The normalized spacial score (nSPS) is 17.8. The number of ether oxygens (including phenoxy) is 2. The Labute approximate surface area is 310 Å². The number of piperazine rings is 1. The molecule has 3 amide bonds. The van der Waals surface area contributed by atoms with Gasteiger partial charge in [0.1, 0.15) is 12.2 Å². The van der Waals surface area contributed by atoms with Crippen molar-refractivity contribution in [1.82, 2.24) is 20.6 Å². The Balaban J connectivity index is 1.29. The zero-order valence-corrected chi connectivity index (χ0v) is 30.2. The molecule has 2 fully saturated rings. The van der Waals surface area contributed by atoms with Crippen molar-refractivity contribution in [2.45, 2.75) is 51.6 Å². The summed E-state index contributed by atoms with van der Waals surface area (Å²) >= 11 is 0. The van der Waals surface area contributed by atoms with Gasteiger partial charge in [0.25, 0.3) is 5.91 Å². The van der Waals surface area contributed by atoms with E-state index in [4.69, 9.17) is 9.47 Å². The van der Waals surface area contributed by atoms with Crippen LogP contribution < -0.4 is 31.1 Å². The first-order chi connectivity index (χ1) is 25.7. The molecule has 0 radical (unpaired) electrons. The van der Waals surface area contributed by atoms with E-state index in [1.807, 2.05) is 36.4 Å². The first-order valence-corrected chi connectivity index (χ1v) is 17.7. The number of halogens is 3. The lowest BCUT2D eigenvalue weighted by Crippen LogP contribution is -2.54. The van der Waals surface area contributed by atoms with Crippen molar-refractivity contribution in [2.24, 2.45) is 5.92 Å². The van der Waals surface area contributed by atoms with E-state index in [1.54, 1.807) is 39.0 Å². The van der Waals surface area contributed by atoms with Gasteiger partial charge in [0.2, 0.25) is 0 Å². The van der Waals surface area contributed by atoms with Gasteiger partial charge in [-0.2, -0.15) is 13.2 Å². The average Bonchev–Trinajstić information content (AvgIpc) is 3.13. The molecule has 4 aromatic rings. The number of carbonyl (C=O) groups excluding carboxylic acids is 3. The number of pyridine rings is 2. The van der Waals surface area contributed by atoms with Crippen LogP contribution in [0.15, 0.2) is 73.1 Å². The lowest BCUT2D eigenvalue weighted by atomic mass is 9.93. The fraction of sp³-hybridized carbons (Fsp3) is 0.395. The average molecular weight is 749 g/mol. The fourth-order valence-corrected chi connectivity index (χ4v) is 6.47. The molecule has 16 heteroatoms. The Morgan fingerprint density at radius 2 is 1.67 bits per heavy atom. The summed E-state index contributed by atoms with van der Waals surface area (Å²) in [4.78, 5) is 52.2. The largest absolute Gasteiger partial charge is 0.444 e. The number of nitrogens with one attached hydrogen (secondary N) is 4. The van der Waals surface area contributed by atoms with Crippen molar-refractivity contribution in [3.05, 3.63) is 84.3 Å². The van der Waals surface area contributed by atoms with Gasteiger partial charge in [0, 0.05) is 56.5 Å². The predicted molar refractivity (Wildman–Crippen MR) is 199 cm³/mol. The molecule has 1 unspecified atom stereocenters. The van der Waals surface area contributed by atoms with Gasteiger partial charge in [-0.3, -0.25) is 15.1 Å². The third-order valence-electron chi connectivity index (χ3n) is 8.97.